The van der Waals surface area contributed by atoms with Crippen molar-refractivity contribution in [1.82, 2.24) is 4.90 Å². The van der Waals surface area contributed by atoms with E-state index >= 15 is 0 Å². The van der Waals surface area contributed by atoms with Gasteiger partial charge >= 0.3 is 0 Å². The van der Waals surface area contributed by atoms with Crippen molar-refractivity contribution in [2.45, 2.75) is 71.3 Å². The summed E-state index contributed by atoms with van der Waals surface area (Å²) in [6, 6.07) is 0.332. The first-order valence-electron chi connectivity index (χ1n) is 9.60. The second-order valence-corrected chi connectivity index (χ2v) is 8.50. The standard InChI is InChI=1S/C19H34N2O.ClH/c1-13(2)16(10-14-6-4-3-5-7-14)19(22)21-11-15-8-9-18(20)17(15)12-21;/h13-18H,3-12,20H2,1-2H3;1H. The summed E-state index contributed by atoms with van der Waals surface area (Å²) in [5.41, 5.74) is 6.23. The van der Waals surface area contributed by atoms with Gasteiger partial charge in [0.1, 0.15) is 0 Å². The van der Waals surface area contributed by atoms with Crippen LogP contribution in [0.25, 0.3) is 0 Å². The fourth-order valence-electron chi connectivity index (χ4n) is 5.16. The average molecular weight is 343 g/mol. The van der Waals surface area contributed by atoms with Crippen molar-refractivity contribution in [1.29, 1.82) is 0 Å². The molecule has 2 saturated carbocycles. The van der Waals surface area contributed by atoms with Crippen LogP contribution in [0.15, 0.2) is 0 Å². The molecule has 3 aliphatic rings. The maximum Gasteiger partial charge on any atom is 0.225 e. The molecule has 1 heterocycles. The Labute approximate surface area is 148 Å². The highest BCUT2D eigenvalue weighted by molar-refractivity contribution is 5.85. The molecule has 0 aromatic carbocycles. The predicted molar refractivity (Wildman–Crippen MR) is 97.5 cm³/mol. The Bertz CT molecular complexity index is 395. The number of hydrogen-bond acceptors (Lipinski definition) is 2. The number of halogens is 1. The third-order valence-electron chi connectivity index (χ3n) is 6.66. The van der Waals surface area contributed by atoms with Gasteiger partial charge in [-0.3, -0.25) is 4.79 Å². The van der Waals surface area contributed by atoms with Gasteiger partial charge in [-0.05, 0) is 42.9 Å². The maximum atomic E-state index is 13.1. The van der Waals surface area contributed by atoms with Gasteiger partial charge in [0.15, 0.2) is 0 Å². The highest BCUT2D eigenvalue weighted by Crippen LogP contribution is 2.39. The molecule has 0 bridgehead atoms. The molecule has 3 fully saturated rings. The smallest absolute Gasteiger partial charge is 0.225 e. The van der Waals surface area contributed by atoms with Crippen molar-refractivity contribution < 1.29 is 4.79 Å². The van der Waals surface area contributed by atoms with E-state index in [4.69, 9.17) is 5.73 Å². The number of amides is 1. The SMILES string of the molecule is CC(C)C(CC1CCCCC1)C(=O)N1CC2CCC(N)C2C1.Cl. The molecule has 0 aromatic rings. The zero-order valence-electron chi connectivity index (χ0n) is 14.9. The molecule has 2 aliphatic carbocycles. The van der Waals surface area contributed by atoms with Gasteiger partial charge in [-0.15, -0.1) is 12.4 Å². The zero-order valence-corrected chi connectivity index (χ0v) is 15.7. The molecule has 0 spiro atoms. The Morgan fingerprint density at radius 3 is 2.39 bits per heavy atom. The Hall–Kier alpha value is -0.280. The van der Waals surface area contributed by atoms with Crippen LogP contribution in [0, 0.1) is 29.6 Å². The van der Waals surface area contributed by atoms with E-state index in [1.807, 2.05) is 0 Å². The summed E-state index contributed by atoms with van der Waals surface area (Å²) < 4.78 is 0. The minimum Gasteiger partial charge on any atom is -0.342 e. The van der Waals surface area contributed by atoms with Crippen LogP contribution in [0.1, 0.15) is 65.2 Å². The van der Waals surface area contributed by atoms with E-state index in [-0.39, 0.29) is 18.3 Å². The van der Waals surface area contributed by atoms with Crippen LogP contribution in [0.3, 0.4) is 0 Å². The number of nitrogens with two attached hydrogens (primary N) is 1. The Balaban J connectivity index is 0.00000192. The van der Waals surface area contributed by atoms with Crippen LogP contribution in [-0.2, 0) is 4.79 Å². The summed E-state index contributed by atoms with van der Waals surface area (Å²) in [7, 11) is 0. The first-order chi connectivity index (χ1) is 10.6. The lowest BCUT2D eigenvalue weighted by Crippen LogP contribution is -2.39. The highest BCUT2D eigenvalue weighted by Gasteiger charge is 2.44. The highest BCUT2D eigenvalue weighted by atomic mass is 35.5. The van der Waals surface area contributed by atoms with Gasteiger partial charge in [0.2, 0.25) is 5.91 Å². The van der Waals surface area contributed by atoms with Gasteiger partial charge in [0, 0.05) is 25.0 Å². The fourth-order valence-corrected chi connectivity index (χ4v) is 5.16. The fraction of sp³-hybridized carbons (Fsp3) is 0.947. The number of nitrogens with zero attached hydrogens (tertiary/aromatic N) is 1. The van der Waals surface area contributed by atoms with E-state index in [0.29, 0.717) is 29.7 Å². The van der Waals surface area contributed by atoms with E-state index in [0.717, 1.165) is 31.8 Å². The van der Waals surface area contributed by atoms with Crippen molar-refractivity contribution in [2.24, 2.45) is 35.3 Å². The second-order valence-electron chi connectivity index (χ2n) is 8.50. The first kappa shape index (κ1) is 19.1. The lowest BCUT2D eigenvalue weighted by molar-refractivity contribution is -0.137. The zero-order chi connectivity index (χ0) is 15.7. The number of fused-ring (bicyclic) bond motifs is 1. The van der Waals surface area contributed by atoms with Crippen LogP contribution in [0.2, 0.25) is 0 Å². The molecule has 4 unspecified atom stereocenters. The third-order valence-corrected chi connectivity index (χ3v) is 6.66. The molecule has 134 valence electrons. The number of likely N-dealkylation sites (tertiary alicyclic amines) is 1. The lowest BCUT2D eigenvalue weighted by Gasteiger charge is -2.31. The minimum absolute atomic E-state index is 0. The monoisotopic (exact) mass is 342 g/mol. The summed E-state index contributed by atoms with van der Waals surface area (Å²) in [4.78, 5) is 15.3. The van der Waals surface area contributed by atoms with Crippen LogP contribution >= 0.6 is 12.4 Å². The van der Waals surface area contributed by atoms with Crippen molar-refractivity contribution in [3.8, 4) is 0 Å². The molecule has 0 aromatic heterocycles. The number of carbonyl (C=O) groups is 1. The van der Waals surface area contributed by atoms with E-state index in [1.165, 1.54) is 38.5 Å². The van der Waals surface area contributed by atoms with Gasteiger partial charge in [0.05, 0.1) is 0 Å². The number of carbonyl (C=O) groups excluding carboxylic acids is 1. The minimum atomic E-state index is 0. The van der Waals surface area contributed by atoms with Crippen molar-refractivity contribution >= 4 is 18.3 Å². The molecule has 1 amide bonds. The van der Waals surface area contributed by atoms with Gasteiger partial charge in [-0.2, -0.15) is 0 Å². The Kier molecular flexibility index (Phi) is 6.79. The third kappa shape index (κ3) is 4.22. The van der Waals surface area contributed by atoms with Crippen molar-refractivity contribution in [3.63, 3.8) is 0 Å². The number of hydrogen-bond donors (Lipinski definition) is 1. The van der Waals surface area contributed by atoms with Gasteiger partial charge < -0.3 is 10.6 Å². The van der Waals surface area contributed by atoms with Crippen LogP contribution < -0.4 is 5.73 Å². The van der Waals surface area contributed by atoms with Gasteiger partial charge in [-0.25, -0.2) is 0 Å². The molecule has 3 rings (SSSR count). The molecular weight excluding hydrogens is 308 g/mol. The summed E-state index contributed by atoms with van der Waals surface area (Å²) in [6.07, 6.45) is 10.3. The molecule has 0 radical (unpaired) electrons. The van der Waals surface area contributed by atoms with Crippen molar-refractivity contribution in [3.05, 3.63) is 0 Å². The van der Waals surface area contributed by atoms with Crippen molar-refractivity contribution in [2.75, 3.05) is 13.1 Å². The molecule has 3 nitrogen and oxygen atoms in total. The predicted octanol–water partition coefficient (Wildman–Crippen LogP) is 3.85. The van der Waals surface area contributed by atoms with Crippen LogP contribution in [-0.4, -0.2) is 29.9 Å². The molecule has 23 heavy (non-hydrogen) atoms. The van der Waals surface area contributed by atoms with E-state index < -0.39 is 0 Å². The quantitative estimate of drug-likeness (QED) is 0.843. The van der Waals surface area contributed by atoms with E-state index in [9.17, 15) is 4.79 Å². The largest absolute Gasteiger partial charge is 0.342 e. The van der Waals surface area contributed by atoms with Crippen LogP contribution in [0.5, 0.6) is 0 Å². The molecule has 1 saturated heterocycles. The first-order valence-corrected chi connectivity index (χ1v) is 9.60. The Morgan fingerprint density at radius 2 is 1.78 bits per heavy atom. The summed E-state index contributed by atoms with van der Waals surface area (Å²) in [6.45, 7) is 6.37. The molecule has 4 heteroatoms. The summed E-state index contributed by atoms with van der Waals surface area (Å²) in [5.74, 6) is 3.17. The van der Waals surface area contributed by atoms with Gasteiger partial charge in [-0.1, -0.05) is 46.0 Å². The average Bonchev–Trinajstić information content (AvgIpc) is 3.07. The van der Waals surface area contributed by atoms with Crippen LogP contribution in [0.4, 0.5) is 0 Å². The van der Waals surface area contributed by atoms with E-state index in [1.54, 1.807) is 0 Å². The Morgan fingerprint density at radius 1 is 1.09 bits per heavy atom. The lowest BCUT2D eigenvalue weighted by atomic mass is 9.79. The summed E-state index contributed by atoms with van der Waals surface area (Å²) in [5, 5.41) is 0. The number of rotatable bonds is 4. The molecule has 1 aliphatic heterocycles. The van der Waals surface area contributed by atoms with E-state index in [2.05, 4.69) is 18.7 Å². The topological polar surface area (TPSA) is 46.3 Å². The normalized spacial score (nSPS) is 32.7. The molecular formula is C19H35ClN2O. The second kappa shape index (κ2) is 8.20. The maximum absolute atomic E-state index is 13.1. The molecule has 4 atom stereocenters. The summed E-state index contributed by atoms with van der Waals surface area (Å²) >= 11 is 0. The van der Waals surface area contributed by atoms with Gasteiger partial charge in [0.25, 0.3) is 0 Å². The molecule has 2 N–H and O–H groups in total.